The van der Waals surface area contributed by atoms with Crippen LogP contribution < -0.4 is 0 Å². The Bertz CT molecular complexity index is 1500. The molecule has 2 aromatic heterocycles. The Labute approximate surface area is 214 Å². The van der Waals surface area contributed by atoms with Gasteiger partial charge in [-0.3, -0.25) is 14.3 Å². The molecule has 2 amide bonds. The van der Waals surface area contributed by atoms with Crippen molar-refractivity contribution >= 4 is 28.4 Å². The number of furan rings is 1. The summed E-state index contributed by atoms with van der Waals surface area (Å²) < 4.78 is 21.6. The fourth-order valence-corrected chi connectivity index (χ4v) is 4.68. The van der Waals surface area contributed by atoms with Gasteiger partial charge in [0, 0.05) is 50.8 Å². The van der Waals surface area contributed by atoms with Gasteiger partial charge in [-0.1, -0.05) is 17.4 Å². The van der Waals surface area contributed by atoms with E-state index in [9.17, 15) is 14.0 Å². The number of fused-ring (bicyclic) bond motifs is 1. The molecular formula is C28H28FN5O3. The topological polar surface area (TPSA) is 84.5 Å². The van der Waals surface area contributed by atoms with E-state index in [4.69, 9.17) is 4.42 Å². The first-order chi connectivity index (χ1) is 17.8. The Balaban J connectivity index is 1.51. The van der Waals surface area contributed by atoms with Gasteiger partial charge in [0.25, 0.3) is 5.91 Å². The Kier molecular flexibility index (Phi) is 6.60. The van der Waals surface area contributed by atoms with Crippen LogP contribution in [0.1, 0.15) is 34.5 Å². The molecule has 0 fully saturated rings. The van der Waals surface area contributed by atoms with E-state index in [0.717, 1.165) is 39.6 Å². The number of carbonyl (C=O) groups is 2. The monoisotopic (exact) mass is 501 g/mol. The van der Waals surface area contributed by atoms with E-state index in [2.05, 4.69) is 16.4 Å². The van der Waals surface area contributed by atoms with Gasteiger partial charge in [0.15, 0.2) is 5.76 Å². The summed E-state index contributed by atoms with van der Waals surface area (Å²) >= 11 is 0. The molecule has 3 heterocycles. The zero-order chi connectivity index (χ0) is 26.1. The van der Waals surface area contributed by atoms with Crippen LogP contribution in [-0.4, -0.2) is 63.8 Å². The van der Waals surface area contributed by atoms with Crippen molar-refractivity contribution in [2.45, 2.75) is 26.3 Å². The van der Waals surface area contributed by atoms with Gasteiger partial charge in [0.1, 0.15) is 11.4 Å². The Morgan fingerprint density at radius 3 is 2.70 bits per heavy atom. The van der Waals surface area contributed by atoms with Crippen molar-refractivity contribution in [1.82, 2.24) is 24.8 Å². The third-order valence-electron chi connectivity index (χ3n) is 6.61. The van der Waals surface area contributed by atoms with Gasteiger partial charge in [-0.05, 0) is 65.9 Å². The van der Waals surface area contributed by atoms with Crippen molar-refractivity contribution in [2.75, 3.05) is 27.2 Å². The summed E-state index contributed by atoms with van der Waals surface area (Å²) in [5, 5.41) is 8.48. The normalized spacial score (nSPS) is 13.6. The van der Waals surface area contributed by atoms with Crippen LogP contribution in [0.25, 0.3) is 27.7 Å². The van der Waals surface area contributed by atoms with Crippen LogP contribution >= 0.6 is 0 Å². The Morgan fingerprint density at radius 1 is 1.14 bits per heavy atom. The van der Waals surface area contributed by atoms with Crippen LogP contribution in [0.3, 0.4) is 0 Å². The van der Waals surface area contributed by atoms with E-state index in [-0.39, 0.29) is 23.4 Å². The van der Waals surface area contributed by atoms with E-state index >= 15 is 0 Å². The minimum absolute atomic E-state index is 0.0546. The van der Waals surface area contributed by atoms with Gasteiger partial charge < -0.3 is 14.2 Å². The maximum absolute atomic E-state index is 13.9. The standard InChI is InChI=1S/C28H28FN5O3/c1-18-13-22(29)6-7-23(18)24-15-20(14-21-16-25(37-27(21)24)28(36)32(2)3)19-5-4-10-33(17-19)26(35)8-11-34-12-9-30-31-34/h5-7,9,12-16H,4,8,10-11,17H2,1-3H3. The number of hydrogen-bond donors (Lipinski definition) is 0. The third-order valence-corrected chi connectivity index (χ3v) is 6.61. The zero-order valence-corrected chi connectivity index (χ0v) is 21.1. The van der Waals surface area contributed by atoms with Crippen molar-refractivity contribution in [2.24, 2.45) is 0 Å². The molecule has 2 aromatic carbocycles. The van der Waals surface area contributed by atoms with Crippen molar-refractivity contribution in [3.8, 4) is 11.1 Å². The van der Waals surface area contributed by atoms with Crippen LogP contribution in [0, 0.1) is 12.7 Å². The van der Waals surface area contributed by atoms with Gasteiger partial charge in [-0.25, -0.2) is 4.39 Å². The van der Waals surface area contributed by atoms with Gasteiger partial charge >= 0.3 is 0 Å². The lowest BCUT2D eigenvalue weighted by Gasteiger charge is -2.28. The number of halogens is 1. The highest BCUT2D eigenvalue weighted by Crippen LogP contribution is 2.37. The summed E-state index contributed by atoms with van der Waals surface area (Å²) in [6.07, 6.45) is 6.56. The predicted molar refractivity (Wildman–Crippen MR) is 138 cm³/mol. The van der Waals surface area contributed by atoms with E-state index in [0.29, 0.717) is 31.6 Å². The number of aromatic nitrogens is 3. The molecular weight excluding hydrogens is 473 g/mol. The number of benzene rings is 2. The second-order valence-corrected chi connectivity index (χ2v) is 9.46. The van der Waals surface area contributed by atoms with E-state index < -0.39 is 0 Å². The van der Waals surface area contributed by atoms with Crippen LogP contribution in [0.2, 0.25) is 0 Å². The smallest absolute Gasteiger partial charge is 0.289 e. The van der Waals surface area contributed by atoms with Crippen LogP contribution in [0.15, 0.2) is 59.3 Å². The van der Waals surface area contributed by atoms with Gasteiger partial charge in [-0.2, -0.15) is 0 Å². The summed E-state index contributed by atoms with van der Waals surface area (Å²) in [4.78, 5) is 28.9. The molecule has 0 N–H and O–H groups in total. The van der Waals surface area contributed by atoms with Crippen molar-refractivity contribution in [1.29, 1.82) is 0 Å². The molecule has 37 heavy (non-hydrogen) atoms. The molecule has 0 saturated heterocycles. The zero-order valence-electron chi connectivity index (χ0n) is 21.1. The predicted octanol–water partition coefficient (Wildman–Crippen LogP) is 4.55. The highest BCUT2D eigenvalue weighted by Gasteiger charge is 2.23. The minimum Gasteiger partial charge on any atom is -0.450 e. The lowest BCUT2D eigenvalue weighted by molar-refractivity contribution is -0.131. The SMILES string of the molecule is Cc1cc(F)ccc1-c1cc(C2=CCCN(C(=O)CCn3ccnn3)C2)cc2cc(C(=O)N(C)C)oc12. The molecule has 1 aliphatic heterocycles. The number of rotatable bonds is 6. The number of amides is 2. The summed E-state index contributed by atoms with van der Waals surface area (Å²) in [7, 11) is 3.35. The van der Waals surface area contributed by atoms with Crippen LogP contribution in [-0.2, 0) is 11.3 Å². The summed E-state index contributed by atoms with van der Waals surface area (Å²) in [6.45, 7) is 3.46. The molecule has 8 nitrogen and oxygen atoms in total. The number of hydrogen-bond acceptors (Lipinski definition) is 5. The van der Waals surface area contributed by atoms with E-state index in [1.165, 1.54) is 17.0 Å². The molecule has 0 spiro atoms. The number of aryl methyl sites for hydroxylation is 2. The second-order valence-electron chi connectivity index (χ2n) is 9.46. The maximum atomic E-state index is 13.9. The van der Waals surface area contributed by atoms with E-state index in [1.807, 2.05) is 24.0 Å². The molecule has 0 saturated carbocycles. The lowest BCUT2D eigenvalue weighted by Crippen LogP contribution is -2.35. The molecule has 0 bridgehead atoms. The fourth-order valence-electron chi connectivity index (χ4n) is 4.68. The van der Waals surface area contributed by atoms with Gasteiger partial charge in [0.05, 0.1) is 12.7 Å². The lowest BCUT2D eigenvalue weighted by atomic mass is 9.93. The quantitative estimate of drug-likeness (QED) is 0.387. The first-order valence-corrected chi connectivity index (χ1v) is 12.2. The average Bonchev–Trinajstić information content (AvgIpc) is 3.56. The molecule has 5 rings (SSSR count). The summed E-state index contributed by atoms with van der Waals surface area (Å²) in [5.41, 5.74) is 4.88. The molecule has 1 aliphatic rings. The molecule has 190 valence electrons. The highest BCUT2D eigenvalue weighted by molar-refractivity contribution is 6.02. The first-order valence-electron chi connectivity index (χ1n) is 12.2. The highest BCUT2D eigenvalue weighted by atomic mass is 19.1. The second kappa shape index (κ2) is 10.0. The number of carbonyl (C=O) groups excluding carboxylic acids is 2. The Morgan fingerprint density at radius 2 is 1.97 bits per heavy atom. The third kappa shape index (κ3) is 5.02. The molecule has 9 heteroatoms. The largest absolute Gasteiger partial charge is 0.450 e. The molecule has 0 atom stereocenters. The van der Waals surface area contributed by atoms with Gasteiger partial charge in [-0.15, -0.1) is 5.10 Å². The molecule has 0 unspecified atom stereocenters. The van der Waals surface area contributed by atoms with Gasteiger partial charge in [0.2, 0.25) is 5.91 Å². The summed E-state index contributed by atoms with van der Waals surface area (Å²) in [5.74, 6) is -0.258. The van der Waals surface area contributed by atoms with Crippen molar-refractivity contribution < 1.29 is 18.4 Å². The van der Waals surface area contributed by atoms with Crippen molar-refractivity contribution in [3.63, 3.8) is 0 Å². The first kappa shape index (κ1) is 24.4. The average molecular weight is 502 g/mol. The fraction of sp³-hybridized carbons (Fsp3) is 0.286. The molecule has 4 aromatic rings. The number of nitrogens with zero attached hydrogens (tertiary/aromatic N) is 5. The Hall–Kier alpha value is -4.27. The maximum Gasteiger partial charge on any atom is 0.289 e. The molecule has 0 radical (unpaired) electrons. The van der Waals surface area contributed by atoms with Crippen molar-refractivity contribution in [3.05, 3.63) is 77.6 Å². The van der Waals surface area contributed by atoms with Crippen LogP contribution in [0.5, 0.6) is 0 Å². The van der Waals surface area contributed by atoms with E-state index in [1.54, 1.807) is 43.3 Å². The minimum atomic E-state index is -0.313. The molecule has 0 aliphatic carbocycles. The van der Waals surface area contributed by atoms with Crippen LogP contribution in [0.4, 0.5) is 4.39 Å². The summed E-state index contributed by atoms with van der Waals surface area (Å²) in [6, 6.07) is 10.4.